The van der Waals surface area contributed by atoms with E-state index in [0.717, 1.165) is 29.7 Å². The Kier molecular flexibility index (Phi) is 2.63. The van der Waals surface area contributed by atoms with Crippen LogP contribution in [0.3, 0.4) is 0 Å². The highest BCUT2D eigenvalue weighted by Crippen LogP contribution is 2.22. The number of carbonyl (C=O) groups excluding carboxylic acids is 1. The lowest BCUT2D eigenvalue weighted by atomic mass is 10.1. The second kappa shape index (κ2) is 4.09. The van der Waals surface area contributed by atoms with Gasteiger partial charge in [-0.1, -0.05) is 31.2 Å². The minimum absolute atomic E-state index is 0.667. The quantitative estimate of drug-likeness (QED) is 0.717. The predicted octanol–water partition coefficient (Wildman–Crippen LogP) is 2.72. The van der Waals surface area contributed by atoms with Gasteiger partial charge in [0.1, 0.15) is 17.7 Å². The molecule has 0 saturated carbocycles. The second-order valence-electron chi connectivity index (χ2n) is 3.22. The maximum Gasteiger partial charge on any atom is 0.181 e. The van der Waals surface area contributed by atoms with Crippen LogP contribution in [0.5, 0.6) is 0 Å². The summed E-state index contributed by atoms with van der Waals surface area (Å²) in [6.07, 6.45) is 3.08. The van der Waals surface area contributed by atoms with Crippen molar-refractivity contribution in [1.29, 1.82) is 0 Å². The normalized spacial score (nSPS) is 10.2. The van der Waals surface area contributed by atoms with Gasteiger partial charge < -0.3 is 4.42 Å². The number of hydrogen-bond acceptors (Lipinski definition) is 3. The SMILES string of the molecule is CCc1ocnc1-c1ccc(C=O)cc1. The number of rotatable bonds is 3. The van der Waals surface area contributed by atoms with E-state index in [1.165, 1.54) is 6.39 Å². The zero-order chi connectivity index (χ0) is 10.7. The van der Waals surface area contributed by atoms with Gasteiger partial charge in [-0.15, -0.1) is 0 Å². The summed E-state index contributed by atoms with van der Waals surface area (Å²) in [5.41, 5.74) is 2.50. The third-order valence-electron chi connectivity index (χ3n) is 2.28. The number of aromatic nitrogens is 1. The van der Waals surface area contributed by atoms with Crippen molar-refractivity contribution in [3.63, 3.8) is 0 Å². The van der Waals surface area contributed by atoms with E-state index in [9.17, 15) is 4.79 Å². The fourth-order valence-corrected chi connectivity index (χ4v) is 1.48. The van der Waals surface area contributed by atoms with Crippen LogP contribution in [0.25, 0.3) is 11.3 Å². The Morgan fingerprint density at radius 3 is 2.67 bits per heavy atom. The maximum atomic E-state index is 10.5. The average Bonchev–Trinajstić information content (AvgIpc) is 2.77. The summed E-state index contributed by atoms with van der Waals surface area (Å²) in [5.74, 6) is 0.869. The van der Waals surface area contributed by atoms with Gasteiger partial charge in [-0.25, -0.2) is 4.98 Å². The topological polar surface area (TPSA) is 43.1 Å². The van der Waals surface area contributed by atoms with Gasteiger partial charge in [0.25, 0.3) is 0 Å². The molecule has 0 spiro atoms. The lowest BCUT2D eigenvalue weighted by molar-refractivity contribution is 0.112. The average molecular weight is 201 g/mol. The molecule has 0 radical (unpaired) electrons. The number of nitrogens with zero attached hydrogens (tertiary/aromatic N) is 1. The molecular weight excluding hydrogens is 190 g/mol. The molecule has 0 bridgehead atoms. The Labute approximate surface area is 87.8 Å². The fourth-order valence-electron chi connectivity index (χ4n) is 1.48. The third kappa shape index (κ3) is 1.81. The number of aryl methyl sites for hydroxylation is 1. The van der Waals surface area contributed by atoms with E-state index in [2.05, 4.69) is 4.98 Å². The molecule has 0 aliphatic carbocycles. The molecular formula is C12H11NO2. The fraction of sp³-hybridized carbons (Fsp3) is 0.167. The zero-order valence-electron chi connectivity index (χ0n) is 8.43. The second-order valence-corrected chi connectivity index (χ2v) is 3.22. The highest BCUT2D eigenvalue weighted by molar-refractivity contribution is 5.76. The van der Waals surface area contributed by atoms with Gasteiger partial charge in [0.05, 0.1) is 0 Å². The van der Waals surface area contributed by atoms with Crippen molar-refractivity contribution in [3.05, 3.63) is 42.0 Å². The van der Waals surface area contributed by atoms with Gasteiger partial charge in [0.15, 0.2) is 6.39 Å². The van der Waals surface area contributed by atoms with Crippen molar-refractivity contribution in [1.82, 2.24) is 4.98 Å². The molecule has 0 unspecified atom stereocenters. The van der Waals surface area contributed by atoms with Gasteiger partial charge in [0, 0.05) is 17.5 Å². The third-order valence-corrected chi connectivity index (χ3v) is 2.28. The molecule has 3 nitrogen and oxygen atoms in total. The van der Waals surface area contributed by atoms with Crippen LogP contribution in [0.15, 0.2) is 35.1 Å². The van der Waals surface area contributed by atoms with Crippen LogP contribution in [-0.2, 0) is 6.42 Å². The van der Waals surface area contributed by atoms with E-state index in [1.807, 2.05) is 19.1 Å². The maximum absolute atomic E-state index is 10.5. The minimum atomic E-state index is 0.667. The molecule has 76 valence electrons. The van der Waals surface area contributed by atoms with Gasteiger partial charge in [-0.3, -0.25) is 4.79 Å². The molecule has 1 aromatic heterocycles. The largest absolute Gasteiger partial charge is 0.448 e. The molecule has 0 amide bonds. The number of carbonyl (C=O) groups is 1. The zero-order valence-corrected chi connectivity index (χ0v) is 8.43. The van der Waals surface area contributed by atoms with E-state index < -0.39 is 0 Å². The summed E-state index contributed by atoms with van der Waals surface area (Å²) >= 11 is 0. The van der Waals surface area contributed by atoms with Crippen molar-refractivity contribution in [2.24, 2.45) is 0 Å². The highest BCUT2D eigenvalue weighted by atomic mass is 16.3. The summed E-state index contributed by atoms with van der Waals surface area (Å²) < 4.78 is 5.24. The van der Waals surface area contributed by atoms with Crippen molar-refractivity contribution >= 4 is 6.29 Å². The number of hydrogen-bond donors (Lipinski definition) is 0. The highest BCUT2D eigenvalue weighted by Gasteiger charge is 2.07. The van der Waals surface area contributed by atoms with E-state index in [4.69, 9.17) is 4.42 Å². The minimum Gasteiger partial charge on any atom is -0.448 e. The Balaban J connectivity index is 2.41. The van der Waals surface area contributed by atoms with Crippen LogP contribution in [0.1, 0.15) is 23.0 Å². The lowest BCUT2D eigenvalue weighted by Gasteiger charge is -1.98. The Hall–Kier alpha value is -1.90. The first-order chi connectivity index (χ1) is 7.35. The van der Waals surface area contributed by atoms with Crippen molar-refractivity contribution < 1.29 is 9.21 Å². The first-order valence-corrected chi connectivity index (χ1v) is 4.83. The summed E-state index contributed by atoms with van der Waals surface area (Å²) in [7, 11) is 0. The van der Waals surface area contributed by atoms with Crippen LogP contribution in [0, 0.1) is 0 Å². The molecule has 0 saturated heterocycles. The van der Waals surface area contributed by atoms with Crippen LogP contribution in [0.2, 0.25) is 0 Å². The lowest BCUT2D eigenvalue weighted by Crippen LogP contribution is -1.85. The van der Waals surface area contributed by atoms with E-state index in [1.54, 1.807) is 12.1 Å². The van der Waals surface area contributed by atoms with Crippen molar-refractivity contribution in [2.45, 2.75) is 13.3 Å². The standard InChI is InChI=1S/C12H11NO2/c1-2-11-12(13-8-15-11)10-5-3-9(7-14)4-6-10/h3-8H,2H2,1H3. The first kappa shape index (κ1) is 9.65. The van der Waals surface area contributed by atoms with Crippen LogP contribution in [-0.4, -0.2) is 11.3 Å². The molecule has 15 heavy (non-hydrogen) atoms. The Morgan fingerprint density at radius 2 is 2.07 bits per heavy atom. The van der Waals surface area contributed by atoms with Gasteiger partial charge >= 0.3 is 0 Å². The number of oxazole rings is 1. The van der Waals surface area contributed by atoms with E-state index in [-0.39, 0.29) is 0 Å². The smallest absolute Gasteiger partial charge is 0.181 e. The molecule has 0 aliphatic heterocycles. The van der Waals surface area contributed by atoms with E-state index in [0.29, 0.717) is 5.56 Å². The number of benzene rings is 1. The van der Waals surface area contributed by atoms with Crippen LogP contribution < -0.4 is 0 Å². The summed E-state index contributed by atoms with van der Waals surface area (Å²) in [4.78, 5) is 14.7. The predicted molar refractivity (Wildman–Crippen MR) is 56.7 cm³/mol. The summed E-state index contributed by atoms with van der Waals surface area (Å²) in [6.45, 7) is 2.02. The monoisotopic (exact) mass is 201 g/mol. The van der Waals surface area contributed by atoms with Gasteiger partial charge in [0.2, 0.25) is 0 Å². The molecule has 0 fully saturated rings. The van der Waals surface area contributed by atoms with Crippen LogP contribution >= 0.6 is 0 Å². The number of aldehydes is 1. The molecule has 0 aliphatic rings. The first-order valence-electron chi connectivity index (χ1n) is 4.83. The Bertz CT molecular complexity index is 457. The molecule has 0 atom stereocenters. The molecule has 0 N–H and O–H groups in total. The van der Waals surface area contributed by atoms with Gasteiger partial charge in [-0.05, 0) is 0 Å². The van der Waals surface area contributed by atoms with Crippen molar-refractivity contribution in [3.8, 4) is 11.3 Å². The van der Waals surface area contributed by atoms with E-state index >= 15 is 0 Å². The molecule has 1 aromatic carbocycles. The van der Waals surface area contributed by atoms with Gasteiger partial charge in [-0.2, -0.15) is 0 Å². The van der Waals surface area contributed by atoms with Crippen molar-refractivity contribution in [2.75, 3.05) is 0 Å². The Morgan fingerprint density at radius 1 is 1.33 bits per heavy atom. The molecule has 3 heteroatoms. The molecule has 1 heterocycles. The molecule has 2 rings (SSSR count). The van der Waals surface area contributed by atoms with Crippen LogP contribution in [0.4, 0.5) is 0 Å². The summed E-state index contributed by atoms with van der Waals surface area (Å²) in [5, 5.41) is 0. The summed E-state index contributed by atoms with van der Waals surface area (Å²) in [6, 6.07) is 7.30. The molecule has 2 aromatic rings.